The van der Waals surface area contributed by atoms with Crippen molar-refractivity contribution in [2.24, 2.45) is 0 Å². The molecule has 0 radical (unpaired) electrons. The average molecular weight is 247 g/mol. The third kappa shape index (κ3) is 2.44. The van der Waals surface area contributed by atoms with E-state index in [4.69, 9.17) is 0 Å². The Morgan fingerprint density at radius 1 is 1.00 bits per heavy atom. The number of fused-ring (bicyclic) bond motifs is 1. The van der Waals surface area contributed by atoms with Gasteiger partial charge in [0.2, 0.25) is 0 Å². The molecule has 0 saturated carbocycles. The van der Waals surface area contributed by atoms with E-state index < -0.39 is 0 Å². The molecule has 0 aromatic carbocycles. The second kappa shape index (κ2) is 5.33. The normalized spacial score (nSPS) is 11.1. The molecule has 0 spiro atoms. The van der Waals surface area contributed by atoms with E-state index in [1.165, 1.54) is 0 Å². The Kier molecular flexibility index (Phi) is 3.79. The zero-order valence-electron chi connectivity index (χ0n) is 11.6. The standard InChI is InChI=1S/C13H21N5/c1-5-7-18(8-6-2)13-11-12(15-9(3)14-11)16-10(4)17-13/h5-8H2,1-4H3,(H,14,15,16,17). The Morgan fingerprint density at radius 2 is 1.67 bits per heavy atom. The molecule has 0 amide bonds. The summed E-state index contributed by atoms with van der Waals surface area (Å²) in [5.74, 6) is 2.65. The van der Waals surface area contributed by atoms with Gasteiger partial charge in [0.25, 0.3) is 0 Å². The number of anilines is 1. The van der Waals surface area contributed by atoms with Crippen LogP contribution in [0.15, 0.2) is 0 Å². The smallest absolute Gasteiger partial charge is 0.183 e. The molecule has 0 aliphatic carbocycles. The molecule has 1 N–H and O–H groups in total. The summed E-state index contributed by atoms with van der Waals surface area (Å²) in [4.78, 5) is 19.0. The van der Waals surface area contributed by atoms with E-state index in [0.717, 1.165) is 54.6 Å². The molecular weight excluding hydrogens is 226 g/mol. The van der Waals surface area contributed by atoms with Crippen molar-refractivity contribution in [1.29, 1.82) is 0 Å². The number of nitrogens with zero attached hydrogens (tertiary/aromatic N) is 4. The second-order valence-electron chi connectivity index (χ2n) is 4.60. The van der Waals surface area contributed by atoms with Crippen molar-refractivity contribution < 1.29 is 0 Å². The lowest BCUT2D eigenvalue weighted by Gasteiger charge is -2.22. The minimum Gasteiger partial charge on any atom is -0.355 e. The Bertz CT molecular complexity index is 525. The molecule has 0 aliphatic rings. The number of nitrogens with one attached hydrogen (secondary N) is 1. The lowest BCUT2D eigenvalue weighted by Crippen LogP contribution is -2.26. The van der Waals surface area contributed by atoms with Crippen molar-refractivity contribution in [3.63, 3.8) is 0 Å². The SMILES string of the molecule is CCCN(CCC)c1nc(C)nc2nc(C)[nH]c12. The van der Waals surface area contributed by atoms with Crippen LogP contribution < -0.4 is 4.90 Å². The van der Waals surface area contributed by atoms with E-state index in [-0.39, 0.29) is 0 Å². The van der Waals surface area contributed by atoms with Gasteiger partial charge in [-0.3, -0.25) is 0 Å². The van der Waals surface area contributed by atoms with E-state index in [2.05, 4.69) is 38.7 Å². The number of imidazole rings is 1. The Morgan fingerprint density at radius 3 is 2.28 bits per heavy atom. The molecule has 98 valence electrons. The van der Waals surface area contributed by atoms with Crippen LogP contribution in [0.25, 0.3) is 11.2 Å². The van der Waals surface area contributed by atoms with Gasteiger partial charge < -0.3 is 9.88 Å². The molecule has 2 rings (SSSR count). The van der Waals surface area contributed by atoms with Gasteiger partial charge in [-0.15, -0.1) is 0 Å². The van der Waals surface area contributed by atoms with E-state index in [0.29, 0.717) is 0 Å². The molecule has 0 fully saturated rings. The van der Waals surface area contributed by atoms with Gasteiger partial charge >= 0.3 is 0 Å². The first-order chi connectivity index (χ1) is 8.65. The van der Waals surface area contributed by atoms with Gasteiger partial charge in [0.15, 0.2) is 11.5 Å². The average Bonchev–Trinajstić information content (AvgIpc) is 2.68. The van der Waals surface area contributed by atoms with Crippen molar-refractivity contribution in [3.05, 3.63) is 11.6 Å². The molecular formula is C13H21N5. The molecule has 0 atom stereocenters. The van der Waals surface area contributed by atoms with Crippen LogP contribution in [0.5, 0.6) is 0 Å². The maximum atomic E-state index is 4.60. The van der Waals surface area contributed by atoms with E-state index >= 15 is 0 Å². The Balaban J connectivity index is 2.52. The molecule has 18 heavy (non-hydrogen) atoms. The third-order valence-electron chi connectivity index (χ3n) is 2.85. The summed E-state index contributed by atoms with van der Waals surface area (Å²) in [5, 5.41) is 0. The van der Waals surface area contributed by atoms with Crippen molar-refractivity contribution in [2.45, 2.75) is 40.5 Å². The van der Waals surface area contributed by atoms with Gasteiger partial charge in [-0.25, -0.2) is 15.0 Å². The van der Waals surface area contributed by atoms with Crippen LogP contribution in [-0.2, 0) is 0 Å². The first-order valence-corrected chi connectivity index (χ1v) is 6.61. The zero-order chi connectivity index (χ0) is 13.1. The molecule has 2 heterocycles. The Hall–Kier alpha value is -1.65. The number of hydrogen-bond acceptors (Lipinski definition) is 4. The highest BCUT2D eigenvalue weighted by molar-refractivity contribution is 5.83. The lowest BCUT2D eigenvalue weighted by atomic mass is 10.3. The number of aromatic amines is 1. The third-order valence-corrected chi connectivity index (χ3v) is 2.85. The summed E-state index contributed by atoms with van der Waals surface area (Å²) in [6.45, 7) is 10.3. The highest BCUT2D eigenvalue weighted by Crippen LogP contribution is 2.22. The van der Waals surface area contributed by atoms with Crippen LogP contribution in [0.4, 0.5) is 5.82 Å². The topological polar surface area (TPSA) is 57.7 Å². The predicted molar refractivity (Wildman–Crippen MR) is 74.0 cm³/mol. The number of aromatic nitrogens is 4. The minimum atomic E-state index is 0.771. The largest absolute Gasteiger partial charge is 0.355 e. The molecule has 5 nitrogen and oxygen atoms in total. The molecule has 2 aromatic heterocycles. The van der Waals surface area contributed by atoms with E-state index in [9.17, 15) is 0 Å². The number of H-pyrrole nitrogens is 1. The first-order valence-electron chi connectivity index (χ1n) is 6.61. The fourth-order valence-corrected chi connectivity index (χ4v) is 2.20. The van der Waals surface area contributed by atoms with Crippen molar-refractivity contribution in [3.8, 4) is 0 Å². The molecule has 2 aromatic rings. The van der Waals surface area contributed by atoms with Gasteiger partial charge in [-0.2, -0.15) is 0 Å². The van der Waals surface area contributed by atoms with Crippen molar-refractivity contribution >= 4 is 17.0 Å². The van der Waals surface area contributed by atoms with Gasteiger partial charge in [-0.1, -0.05) is 13.8 Å². The summed E-state index contributed by atoms with van der Waals surface area (Å²) in [7, 11) is 0. The molecule has 0 bridgehead atoms. The van der Waals surface area contributed by atoms with Crippen LogP contribution in [-0.4, -0.2) is 33.0 Å². The van der Waals surface area contributed by atoms with E-state index in [1.54, 1.807) is 0 Å². The fourth-order valence-electron chi connectivity index (χ4n) is 2.20. The number of hydrogen-bond donors (Lipinski definition) is 1. The summed E-state index contributed by atoms with van der Waals surface area (Å²) in [6.07, 6.45) is 2.22. The van der Waals surface area contributed by atoms with E-state index in [1.807, 2.05) is 13.8 Å². The maximum absolute atomic E-state index is 4.60. The molecule has 0 aliphatic heterocycles. The highest BCUT2D eigenvalue weighted by Gasteiger charge is 2.15. The first kappa shape index (κ1) is 12.8. The van der Waals surface area contributed by atoms with Gasteiger partial charge in [0.1, 0.15) is 17.2 Å². The summed E-state index contributed by atoms with van der Waals surface area (Å²) < 4.78 is 0. The fraction of sp³-hybridized carbons (Fsp3) is 0.615. The quantitative estimate of drug-likeness (QED) is 0.882. The highest BCUT2D eigenvalue weighted by atomic mass is 15.2. The van der Waals surface area contributed by atoms with Crippen LogP contribution in [0.1, 0.15) is 38.3 Å². The van der Waals surface area contributed by atoms with Gasteiger partial charge in [0, 0.05) is 13.1 Å². The number of rotatable bonds is 5. The summed E-state index contributed by atoms with van der Waals surface area (Å²) in [5.41, 5.74) is 1.73. The maximum Gasteiger partial charge on any atom is 0.183 e. The van der Waals surface area contributed by atoms with Crippen LogP contribution in [0, 0.1) is 13.8 Å². The van der Waals surface area contributed by atoms with Crippen LogP contribution in [0.2, 0.25) is 0 Å². The number of aryl methyl sites for hydroxylation is 2. The van der Waals surface area contributed by atoms with Gasteiger partial charge in [0.05, 0.1) is 0 Å². The predicted octanol–water partition coefficient (Wildman–Crippen LogP) is 2.60. The monoisotopic (exact) mass is 247 g/mol. The van der Waals surface area contributed by atoms with Gasteiger partial charge in [-0.05, 0) is 26.7 Å². The zero-order valence-corrected chi connectivity index (χ0v) is 11.6. The molecule has 0 unspecified atom stereocenters. The van der Waals surface area contributed by atoms with Crippen LogP contribution >= 0.6 is 0 Å². The van der Waals surface area contributed by atoms with Crippen LogP contribution in [0.3, 0.4) is 0 Å². The van der Waals surface area contributed by atoms with Crippen molar-refractivity contribution in [2.75, 3.05) is 18.0 Å². The summed E-state index contributed by atoms with van der Waals surface area (Å²) in [6, 6.07) is 0. The Labute approximate surface area is 108 Å². The summed E-state index contributed by atoms with van der Waals surface area (Å²) >= 11 is 0. The van der Waals surface area contributed by atoms with Crippen molar-refractivity contribution in [1.82, 2.24) is 19.9 Å². The second-order valence-corrected chi connectivity index (χ2v) is 4.60. The lowest BCUT2D eigenvalue weighted by molar-refractivity contribution is 0.733. The molecule has 0 saturated heterocycles. The molecule has 5 heteroatoms. The minimum absolute atomic E-state index is 0.771.